The quantitative estimate of drug-likeness (QED) is 0.599. The maximum Gasteiger partial charge on any atom is 0.573 e. The van der Waals surface area contributed by atoms with Crippen LogP contribution in [0.15, 0.2) is 18.2 Å². The van der Waals surface area contributed by atoms with Gasteiger partial charge in [0.15, 0.2) is 5.75 Å². The van der Waals surface area contributed by atoms with Crippen LogP contribution in [0.5, 0.6) is 5.75 Å². The molecule has 0 saturated heterocycles. The second kappa shape index (κ2) is 6.09. The van der Waals surface area contributed by atoms with Crippen molar-refractivity contribution >= 4 is 5.69 Å². The van der Waals surface area contributed by atoms with Crippen molar-refractivity contribution in [1.29, 1.82) is 0 Å². The molecule has 0 bridgehead atoms. The molecule has 5 nitrogen and oxygen atoms in total. The predicted molar refractivity (Wildman–Crippen MR) is 62.4 cm³/mol. The number of ether oxygens (including phenoxy) is 1. The van der Waals surface area contributed by atoms with E-state index in [0.29, 0.717) is 0 Å². The standard InChI is InChI=1S/C11H15F3N2O3/c1-16-5-8(17)10(18)6-2-3-9(7(15)4-6)19-11(12,13)14/h2-4,8,10,16-18H,5,15H2,1H3. The second-order valence-electron chi connectivity index (χ2n) is 3.91. The third-order valence-corrected chi connectivity index (χ3v) is 2.38. The molecule has 19 heavy (non-hydrogen) atoms. The molecule has 0 amide bonds. The zero-order chi connectivity index (χ0) is 14.6. The Bertz CT molecular complexity index is 426. The summed E-state index contributed by atoms with van der Waals surface area (Å²) in [5.41, 5.74) is 5.34. The van der Waals surface area contributed by atoms with E-state index in [9.17, 15) is 23.4 Å². The number of nitrogens with one attached hydrogen (secondary N) is 1. The minimum absolute atomic E-state index is 0.127. The van der Waals surface area contributed by atoms with Crippen molar-refractivity contribution in [2.24, 2.45) is 0 Å². The lowest BCUT2D eigenvalue weighted by molar-refractivity contribution is -0.274. The second-order valence-corrected chi connectivity index (χ2v) is 3.91. The Morgan fingerprint density at radius 1 is 1.37 bits per heavy atom. The first kappa shape index (κ1) is 15.5. The van der Waals surface area contributed by atoms with E-state index in [-0.39, 0.29) is 17.8 Å². The summed E-state index contributed by atoms with van der Waals surface area (Å²) in [4.78, 5) is 0. The molecule has 0 aromatic heterocycles. The van der Waals surface area contributed by atoms with Crippen LogP contribution >= 0.6 is 0 Å². The van der Waals surface area contributed by atoms with Gasteiger partial charge < -0.3 is 26.0 Å². The molecule has 0 fully saturated rings. The molecule has 0 radical (unpaired) electrons. The Balaban J connectivity index is 2.87. The van der Waals surface area contributed by atoms with E-state index in [1.54, 1.807) is 7.05 Å². The normalized spacial score (nSPS) is 15.1. The van der Waals surface area contributed by atoms with Gasteiger partial charge in [0, 0.05) is 6.54 Å². The van der Waals surface area contributed by atoms with Crippen LogP contribution in [-0.2, 0) is 0 Å². The molecular weight excluding hydrogens is 265 g/mol. The number of nitrogens with two attached hydrogens (primary N) is 1. The van der Waals surface area contributed by atoms with Crippen LogP contribution in [0.2, 0.25) is 0 Å². The average molecular weight is 280 g/mol. The van der Waals surface area contributed by atoms with E-state index >= 15 is 0 Å². The van der Waals surface area contributed by atoms with Crippen molar-refractivity contribution in [2.45, 2.75) is 18.6 Å². The van der Waals surface area contributed by atoms with Gasteiger partial charge in [-0.3, -0.25) is 0 Å². The molecule has 0 spiro atoms. The van der Waals surface area contributed by atoms with Crippen molar-refractivity contribution in [3.8, 4) is 5.75 Å². The Kier molecular flexibility index (Phi) is 4.98. The van der Waals surface area contributed by atoms with Gasteiger partial charge in [-0.15, -0.1) is 13.2 Å². The average Bonchev–Trinajstić information content (AvgIpc) is 2.29. The summed E-state index contributed by atoms with van der Waals surface area (Å²) in [6, 6.07) is 3.33. The molecule has 108 valence electrons. The fourth-order valence-corrected chi connectivity index (χ4v) is 1.51. The highest BCUT2D eigenvalue weighted by Crippen LogP contribution is 2.31. The highest BCUT2D eigenvalue weighted by atomic mass is 19.4. The minimum Gasteiger partial charge on any atom is -0.404 e. The maximum absolute atomic E-state index is 12.0. The summed E-state index contributed by atoms with van der Waals surface area (Å²) in [7, 11) is 1.59. The third kappa shape index (κ3) is 4.58. The molecule has 0 aliphatic heterocycles. The number of rotatable bonds is 5. The van der Waals surface area contributed by atoms with Crippen LogP contribution in [-0.4, -0.2) is 36.3 Å². The van der Waals surface area contributed by atoms with Gasteiger partial charge in [0.1, 0.15) is 6.10 Å². The van der Waals surface area contributed by atoms with Gasteiger partial charge in [0.25, 0.3) is 0 Å². The van der Waals surface area contributed by atoms with Crippen LogP contribution in [0.3, 0.4) is 0 Å². The fraction of sp³-hybridized carbons (Fsp3) is 0.455. The maximum atomic E-state index is 12.0. The molecule has 1 rings (SSSR count). The number of hydrogen-bond donors (Lipinski definition) is 4. The van der Waals surface area contributed by atoms with E-state index in [2.05, 4.69) is 10.1 Å². The van der Waals surface area contributed by atoms with Gasteiger partial charge >= 0.3 is 6.36 Å². The first-order valence-electron chi connectivity index (χ1n) is 5.40. The van der Waals surface area contributed by atoms with Crippen LogP contribution in [0.25, 0.3) is 0 Å². The Morgan fingerprint density at radius 2 is 2.00 bits per heavy atom. The molecule has 0 saturated carbocycles. The van der Waals surface area contributed by atoms with E-state index in [4.69, 9.17) is 5.73 Å². The number of likely N-dealkylation sites (N-methyl/N-ethyl adjacent to an activating group) is 1. The van der Waals surface area contributed by atoms with Gasteiger partial charge in [0.2, 0.25) is 0 Å². The Morgan fingerprint density at radius 3 is 2.47 bits per heavy atom. The lowest BCUT2D eigenvalue weighted by Gasteiger charge is -2.19. The van der Waals surface area contributed by atoms with E-state index in [1.165, 1.54) is 6.07 Å². The van der Waals surface area contributed by atoms with Crippen molar-refractivity contribution in [2.75, 3.05) is 19.3 Å². The summed E-state index contributed by atoms with van der Waals surface area (Å²) in [6.45, 7) is 0.127. The molecule has 2 unspecified atom stereocenters. The summed E-state index contributed by atoms with van der Waals surface area (Å²) < 4.78 is 39.8. The summed E-state index contributed by atoms with van der Waals surface area (Å²) in [5, 5.41) is 22.0. The summed E-state index contributed by atoms with van der Waals surface area (Å²) >= 11 is 0. The van der Waals surface area contributed by atoms with Crippen molar-refractivity contribution in [1.82, 2.24) is 5.32 Å². The van der Waals surface area contributed by atoms with E-state index in [0.717, 1.165) is 12.1 Å². The third-order valence-electron chi connectivity index (χ3n) is 2.38. The number of halogens is 3. The van der Waals surface area contributed by atoms with Crippen LogP contribution in [0.1, 0.15) is 11.7 Å². The van der Waals surface area contributed by atoms with E-state index < -0.39 is 24.3 Å². The number of benzene rings is 1. The molecule has 1 aromatic carbocycles. The monoisotopic (exact) mass is 280 g/mol. The Labute approximate surface area is 107 Å². The topological polar surface area (TPSA) is 87.7 Å². The zero-order valence-electron chi connectivity index (χ0n) is 10.1. The lowest BCUT2D eigenvalue weighted by atomic mass is 10.0. The van der Waals surface area contributed by atoms with Gasteiger partial charge in [0.05, 0.1) is 11.8 Å². The van der Waals surface area contributed by atoms with Crippen molar-refractivity contribution < 1.29 is 28.1 Å². The molecule has 0 heterocycles. The first-order valence-corrected chi connectivity index (χ1v) is 5.40. The van der Waals surface area contributed by atoms with Gasteiger partial charge in [-0.25, -0.2) is 0 Å². The van der Waals surface area contributed by atoms with Crippen LogP contribution in [0.4, 0.5) is 18.9 Å². The molecule has 8 heteroatoms. The zero-order valence-corrected chi connectivity index (χ0v) is 10.1. The molecule has 0 aliphatic carbocycles. The van der Waals surface area contributed by atoms with Gasteiger partial charge in [-0.2, -0.15) is 0 Å². The number of aliphatic hydroxyl groups is 2. The number of alkyl halides is 3. The molecule has 2 atom stereocenters. The van der Waals surface area contributed by atoms with Crippen LogP contribution < -0.4 is 15.8 Å². The highest BCUT2D eigenvalue weighted by Gasteiger charge is 2.32. The van der Waals surface area contributed by atoms with Gasteiger partial charge in [-0.1, -0.05) is 6.07 Å². The molecular formula is C11H15F3N2O3. The Hall–Kier alpha value is -1.51. The molecule has 0 aliphatic rings. The SMILES string of the molecule is CNCC(O)C(O)c1ccc(OC(F)(F)F)c(N)c1. The van der Waals surface area contributed by atoms with Gasteiger partial charge in [-0.05, 0) is 24.7 Å². The fourth-order valence-electron chi connectivity index (χ4n) is 1.51. The lowest BCUT2D eigenvalue weighted by Crippen LogP contribution is -2.29. The van der Waals surface area contributed by atoms with Crippen LogP contribution in [0, 0.1) is 0 Å². The molecule has 1 aromatic rings. The summed E-state index contributed by atoms with van der Waals surface area (Å²) in [5.74, 6) is -0.549. The first-order chi connectivity index (χ1) is 8.74. The number of hydrogen-bond acceptors (Lipinski definition) is 5. The number of aliphatic hydroxyl groups excluding tert-OH is 2. The smallest absolute Gasteiger partial charge is 0.404 e. The van der Waals surface area contributed by atoms with Crippen molar-refractivity contribution in [3.05, 3.63) is 23.8 Å². The van der Waals surface area contributed by atoms with Crippen molar-refractivity contribution in [3.63, 3.8) is 0 Å². The summed E-state index contributed by atoms with van der Waals surface area (Å²) in [6.07, 6.45) is -7.19. The largest absolute Gasteiger partial charge is 0.573 e. The number of anilines is 1. The minimum atomic E-state index is -4.83. The highest BCUT2D eigenvalue weighted by molar-refractivity contribution is 5.54. The molecule has 5 N–H and O–H groups in total. The predicted octanol–water partition coefficient (Wildman–Crippen LogP) is 0.781. The number of nitrogen functional groups attached to an aromatic ring is 1. The van der Waals surface area contributed by atoms with E-state index in [1.807, 2.05) is 0 Å².